The Bertz CT molecular complexity index is 646. The molecule has 1 aliphatic heterocycles. The molecule has 1 fully saturated rings. The van der Waals surface area contributed by atoms with Crippen LogP contribution in [0.3, 0.4) is 0 Å². The highest BCUT2D eigenvalue weighted by Crippen LogP contribution is 2.07. The molecule has 0 bridgehead atoms. The van der Waals surface area contributed by atoms with Gasteiger partial charge in [0.1, 0.15) is 12.4 Å². The van der Waals surface area contributed by atoms with E-state index in [1.54, 1.807) is 0 Å². The summed E-state index contributed by atoms with van der Waals surface area (Å²) in [4.78, 5) is 11.0. The summed E-state index contributed by atoms with van der Waals surface area (Å²) in [6.07, 6.45) is 5.99. The number of imidazole rings is 1. The largest absolute Gasteiger partial charge is 0.378 e. The van der Waals surface area contributed by atoms with Crippen LogP contribution in [0.5, 0.6) is 0 Å². The molecular formula is C18H25N5O. The van der Waals surface area contributed by atoms with Crippen molar-refractivity contribution in [3.05, 3.63) is 54.1 Å². The van der Waals surface area contributed by atoms with E-state index in [0.717, 1.165) is 38.3 Å². The lowest BCUT2D eigenvalue weighted by Crippen LogP contribution is -2.44. The highest BCUT2D eigenvalue weighted by Gasteiger charge is 2.12. The first kappa shape index (κ1) is 16.5. The normalized spacial score (nSPS) is 15.7. The third-order valence-electron chi connectivity index (χ3n) is 4.23. The van der Waals surface area contributed by atoms with Crippen molar-refractivity contribution in [3.8, 4) is 0 Å². The summed E-state index contributed by atoms with van der Waals surface area (Å²) in [5.74, 6) is 1.54. The molecule has 0 saturated carbocycles. The van der Waals surface area contributed by atoms with E-state index in [-0.39, 0.29) is 0 Å². The van der Waals surface area contributed by atoms with Gasteiger partial charge in [0.25, 0.3) is 0 Å². The van der Waals surface area contributed by atoms with Gasteiger partial charge in [-0.15, -0.1) is 0 Å². The maximum atomic E-state index is 6.07. The Labute approximate surface area is 143 Å². The van der Waals surface area contributed by atoms with Crippen LogP contribution < -0.4 is 5.73 Å². The minimum Gasteiger partial charge on any atom is -0.378 e. The van der Waals surface area contributed by atoms with Crippen molar-refractivity contribution in [1.29, 1.82) is 0 Å². The van der Waals surface area contributed by atoms with Crippen LogP contribution in [0.2, 0.25) is 0 Å². The third-order valence-corrected chi connectivity index (χ3v) is 4.23. The summed E-state index contributed by atoms with van der Waals surface area (Å²) in [5.41, 5.74) is 7.44. The summed E-state index contributed by atoms with van der Waals surface area (Å²) in [7, 11) is 0. The number of guanidine groups is 1. The molecule has 0 aliphatic carbocycles. The van der Waals surface area contributed by atoms with Crippen molar-refractivity contribution in [2.45, 2.75) is 25.9 Å². The van der Waals surface area contributed by atoms with Crippen LogP contribution in [0.15, 0.2) is 47.7 Å². The number of rotatable bonds is 6. The smallest absolute Gasteiger partial charge is 0.191 e. The van der Waals surface area contributed by atoms with Gasteiger partial charge in [-0.1, -0.05) is 30.3 Å². The summed E-state index contributed by atoms with van der Waals surface area (Å²) in [6, 6.07) is 10.6. The second kappa shape index (κ2) is 8.49. The van der Waals surface area contributed by atoms with Gasteiger partial charge in [-0.2, -0.15) is 0 Å². The van der Waals surface area contributed by atoms with Gasteiger partial charge in [-0.05, 0) is 18.4 Å². The predicted molar refractivity (Wildman–Crippen MR) is 94.7 cm³/mol. The first-order valence-corrected chi connectivity index (χ1v) is 8.49. The van der Waals surface area contributed by atoms with Gasteiger partial charge in [0.05, 0.1) is 13.2 Å². The molecule has 1 aromatic heterocycles. The SMILES string of the molecule is NC(=NCc1nccn1CCCc1ccccc1)N1CCOCC1. The van der Waals surface area contributed by atoms with E-state index < -0.39 is 0 Å². The Morgan fingerprint density at radius 3 is 2.79 bits per heavy atom. The van der Waals surface area contributed by atoms with Gasteiger partial charge in [-0.3, -0.25) is 0 Å². The van der Waals surface area contributed by atoms with E-state index in [1.807, 2.05) is 18.5 Å². The molecule has 0 unspecified atom stereocenters. The van der Waals surface area contributed by atoms with Crippen molar-refractivity contribution in [1.82, 2.24) is 14.5 Å². The molecule has 1 aromatic carbocycles. The van der Waals surface area contributed by atoms with Gasteiger partial charge in [-0.25, -0.2) is 9.98 Å². The molecule has 1 saturated heterocycles. The zero-order valence-corrected chi connectivity index (χ0v) is 14.0. The number of morpholine rings is 1. The summed E-state index contributed by atoms with van der Waals surface area (Å²) < 4.78 is 7.50. The van der Waals surface area contributed by atoms with Crippen molar-refractivity contribution in [2.24, 2.45) is 10.7 Å². The van der Waals surface area contributed by atoms with E-state index in [4.69, 9.17) is 10.5 Å². The zero-order chi connectivity index (χ0) is 16.6. The minimum absolute atomic E-state index is 0.515. The van der Waals surface area contributed by atoms with Crippen LogP contribution in [0, 0.1) is 0 Å². The van der Waals surface area contributed by atoms with Gasteiger partial charge >= 0.3 is 0 Å². The Morgan fingerprint density at radius 2 is 2.00 bits per heavy atom. The standard InChI is InChI=1S/C18H25N5O/c19-18(23-11-13-24-14-12-23)21-15-17-20-8-10-22(17)9-4-7-16-5-2-1-3-6-16/h1-3,5-6,8,10H,4,7,9,11-15H2,(H2,19,21). The lowest BCUT2D eigenvalue weighted by Gasteiger charge is -2.27. The van der Waals surface area contributed by atoms with Gasteiger partial charge in [0, 0.05) is 32.0 Å². The fourth-order valence-corrected chi connectivity index (χ4v) is 2.84. The second-order valence-electron chi connectivity index (χ2n) is 5.90. The molecule has 2 N–H and O–H groups in total. The van der Waals surface area contributed by atoms with E-state index in [0.29, 0.717) is 25.7 Å². The highest BCUT2D eigenvalue weighted by atomic mass is 16.5. The summed E-state index contributed by atoms with van der Waals surface area (Å²) in [6.45, 7) is 4.50. The number of benzene rings is 1. The van der Waals surface area contributed by atoms with Crippen LogP contribution in [0.25, 0.3) is 0 Å². The van der Waals surface area contributed by atoms with Crippen molar-refractivity contribution >= 4 is 5.96 Å². The molecule has 6 heteroatoms. The lowest BCUT2D eigenvalue weighted by molar-refractivity contribution is 0.0674. The Balaban J connectivity index is 1.51. The third kappa shape index (κ3) is 4.58. The van der Waals surface area contributed by atoms with E-state index >= 15 is 0 Å². The van der Waals surface area contributed by atoms with Gasteiger partial charge < -0.3 is 19.9 Å². The van der Waals surface area contributed by atoms with Crippen molar-refractivity contribution in [2.75, 3.05) is 26.3 Å². The molecule has 0 spiro atoms. The van der Waals surface area contributed by atoms with Crippen LogP contribution in [-0.4, -0.2) is 46.7 Å². The summed E-state index contributed by atoms with van der Waals surface area (Å²) >= 11 is 0. The van der Waals surface area contributed by atoms with Crippen molar-refractivity contribution in [3.63, 3.8) is 0 Å². The Hall–Kier alpha value is -2.34. The predicted octanol–water partition coefficient (Wildman–Crippen LogP) is 1.66. The lowest BCUT2D eigenvalue weighted by atomic mass is 10.1. The van der Waals surface area contributed by atoms with E-state index in [1.165, 1.54) is 5.56 Å². The number of aromatic nitrogens is 2. The molecule has 2 aromatic rings. The number of nitrogens with zero attached hydrogens (tertiary/aromatic N) is 4. The Morgan fingerprint density at radius 1 is 1.21 bits per heavy atom. The van der Waals surface area contributed by atoms with E-state index in [2.05, 4.69) is 43.7 Å². The molecule has 24 heavy (non-hydrogen) atoms. The van der Waals surface area contributed by atoms with Crippen LogP contribution in [-0.2, 0) is 24.2 Å². The van der Waals surface area contributed by atoms with Gasteiger partial charge in [0.2, 0.25) is 0 Å². The van der Waals surface area contributed by atoms with E-state index in [9.17, 15) is 0 Å². The van der Waals surface area contributed by atoms with Crippen molar-refractivity contribution < 1.29 is 4.74 Å². The zero-order valence-electron chi connectivity index (χ0n) is 14.0. The molecule has 0 atom stereocenters. The second-order valence-corrected chi connectivity index (χ2v) is 5.90. The quantitative estimate of drug-likeness (QED) is 0.647. The number of hydrogen-bond acceptors (Lipinski definition) is 3. The topological polar surface area (TPSA) is 68.7 Å². The maximum absolute atomic E-state index is 6.07. The first-order valence-electron chi connectivity index (χ1n) is 8.49. The molecule has 2 heterocycles. The number of hydrogen-bond donors (Lipinski definition) is 1. The van der Waals surface area contributed by atoms with Gasteiger partial charge in [0.15, 0.2) is 5.96 Å². The number of aliphatic imine (C=N–C) groups is 1. The molecule has 0 amide bonds. The minimum atomic E-state index is 0.515. The monoisotopic (exact) mass is 327 g/mol. The fraction of sp³-hybridized carbons (Fsp3) is 0.444. The average Bonchev–Trinajstić information content (AvgIpc) is 3.09. The average molecular weight is 327 g/mol. The molecular weight excluding hydrogens is 302 g/mol. The number of nitrogens with two attached hydrogens (primary N) is 1. The maximum Gasteiger partial charge on any atom is 0.191 e. The number of ether oxygens (including phenoxy) is 1. The summed E-state index contributed by atoms with van der Waals surface area (Å²) in [5, 5.41) is 0. The fourth-order valence-electron chi connectivity index (χ4n) is 2.84. The number of aryl methyl sites for hydroxylation is 2. The van der Waals surface area contributed by atoms with Crippen LogP contribution in [0.1, 0.15) is 17.8 Å². The highest BCUT2D eigenvalue weighted by molar-refractivity contribution is 5.78. The molecule has 1 aliphatic rings. The molecule has 0 radical (unpaired) electrons. The first-order chi connectivity index (χ1) is 11.8. The Kier molecular flexibility index (Phi) is 5.85. The van der Waals surface area contributed by atoms with Crippen LogP contribution >= 0.6 is 0 Å². The van der Waals surface area contributed by atoms with Crippen LogP contribution in [0.4, 0.5) is 0 Å². The molecule has 6 nitrogen and oxygen atoms in total. The molecule has 128 valence electrons. The molecule has 3 rings (SSSR count).